The van der Waals surface area contributed by atoms with Gasteiger partial charge in [0.05, 0.1) is 6.04 Å². The monoisotopic (exact) mass is 427 g/mol. The highest BCUT2D eigenvalue weighted by Gasteiger charge is 2.27. The largest absolute Gasteiger partial charge is 0.356 e. The third-order valence-corrected chi connectivity index (χ3v) is 6.48. The maximum absolute atomic E-state index is 12.2. The molecule has 1 amide bonds. The minimum Gasteiger partial charge on any atom is -0.356 e. The summed E-state index contributed by atoms with van der Waals surface area (Å²) in [6, 6.07) is 25.9. The Hall–Kier alpha value is -2.98. The first-order valence-corrected chi connectivity index (χ1v) is 11.8. The SMILES string of the molecule is O=C(CCc1cccnc1)NCCC1CCN(C(c2ccccc2)c2ccccc2)CC1. The van der Waals surface area contributed by atoms with E-state index < -0.39 is 0 Å². The summed E-state index contributed by atoms with van der Waals surface area (Å²) in [6.07, 6.45) is 8.30. The molecular formula is C28H33N3O. The van der Waals surface area contributed by atoms with Gasteiger partial charge in [-0.05, 0) is 67.4 Å². The normalized spacial score (nSPS) is 15.0. The van der Waals surface area contributed by atoms with Crippen molar-refractivity contribution in [3.63, 3.8) is 0 Å². The maximum atomic E-state index is 12.2. The van der Waals surface area contributed by atoms with Crippen molar-refractivity contribution in [2.45, 2.75) is 38.1 Å². The zero-order chi connectivity index (χ0) is 22.0. The highest BCUT2D eigenvalue weighted by Crippen LogP contribution is 2.32. The molecule has 1 aliphatic rings. The van der Waals surface area contributed by atoms with Crippen LogP contribution < -0.4 is 5.32 Å². The van der Waals surface area contributed by atoms with Gasteiger partial charge >= 0.3 is 0 Å². The molecule has 4 heteroatoms. The first-order valence-electron chi connectivity index (χ1n) is 11.8. The number of likely N-dealkylation sites (tertiary alicyclic amines) is 1. The summed E-state index contributed by atoms with van der Waals surface area (Å²) in [4.78, 5) is 18.9. The Morgan fingerprint density at radius 2 is 1.59 bits per heavy atom. The minimum absolute atomic E-state index is 0.138. The molecule has 0 radical (unpaired) electrons. The number of aryl methyl sites for hydroxylation is 1. The second-order valence-electron chi connectivity index (χ2n) is 8.70. The zero-order valence-electron chi connectivity index (χ0n) is 18.7. The minimum atomic E-state index is 0.138. The van der Waals surface area contributed by atoms with E-state index >= 15 is 0 Å². The number of nitrogens with one attached hydrogen (secondary N) is 1. The Morgan fingerprint density at radius 1 is 0.938 bits per heavy atom. The van der Waals surface area contributed by atoms with Gasteiger partial charge in [-0.3, -0.25) is 14.7 Å². The van der Waals surface area contributed by atoms with Crippen molar-refractivity contribution in [1.82, 2.24) is 15.2 Å². The highest BCUT2D eigenvalue weighted by atomic mass is 16.1. The lowest BCUT2D eigenvalue weighted by Crippen LogP contribution is -2.38. The van der Waals surface area contributed by atoms with Crippen LogP contribution in [0.25, 0.3) is 0 Å². The number of hydrogen-bond acceptors (Lipinski definition) is 3. The van der Waals surface area contributed by atoms with E-state index in [-0.39, 0.29) is 5.91 Å². The number of aromatic nitrogens is 1. The standard InChI is InChI=1S/C28H33N3O/c32-27(14-13-24-8-7-18-29-22-24)30-19-15-23-16-20-31(21-17-23)28(25-9-3-1-4-10-25)26-11-5-2-6-12-26/h1-12,18,22-23,28H,13-17,19-21H2,(H,30,32). The lowest BCUT2D eigenvalue weighted by atomic mass is 9.89. The van der Waals surface area contributed by atoms with Crippen LogP contribution in [0.4, 0.5) is 0 Å². The molecule has 2 heterocycles. The average molecular weight is 428 g/mol. The fourth-order valence-corrected chi connectivity index (χ4v) is 4.69. The first-order chi connectivity index (χ1) is 15.8. The number of rotatable bonds is 9. The van der Waals surface area contributed by atoms with Gasteiger partial charge in [-0.25, -0.2) is 0 Å². The van der Waals surface area contributed by atoms with E-state index in [0.717, 1.165) is 38.0 Å². The molecule has 0 unspecified atom stereocenters. The van der Waals surface area contributed by atoms with Gasteiger partial charge in [0.1, 0.15) is 0 Å². The van der Waals surface area contributed by atoms with Crippen molar-refractivity contribution in [3.8, 4) is 0 Å². The predicted octanol–water partition coefficient (Wildman–Crippen LogP) is 5.02. The van der Waals surface area contributed by atoms with E-state index in [4.69, 9.17) is 0 Å². The first kappa shape index (κ1) is 22.2. The van der Waals surface area contributed by atoms with E-state index in [1.807, 2.05) is 18.3 Å². The van der Waals surface area contributed by atoms with Crippen LogP contribution in [0.15, 0.2) is 85.2 Å². The topological polar surface area (TPSA) is 45.2 Å². The summed E-state index contributed by atoms with van der Waals surface area (Å²) < 4.78 is 0. The fraction of sp³-hybridized carbons (Fsp3) is 0.357. The summed E-state index contributed by atoms with van der Waals surface area (Å²) in [5.41, 5.74) is 3.83. The number of hydrogen-bond donors (Lipinski definition) is 1. The van der Waals surface area contributed by atoms with Crippen LogP contribution in [0, 0.1) is 5.92 Å². The molecule has 32 heavy (non-hydrogen) atoms. The van der Waals surface area contributed by atoms with Crippen molar-refractivity contribution in [2.24, 2.45) is 5.92 Å². The van der Waals surface area contributed by atoms with Crippen LogP contribution in [-0.4, -0.2) is 35.4 Å². The van der Waals surface area contributed by atoms with E-state index in [9.17, 15) is 4.79 Å². The lowest BCUT2D eigenvalue weighted by molar-refractivity contribution is -0.121. The smallest absolute Gasteiger partial charge is 0.220 e. The third kappa shape index (κ3) is 6.27. The average Bonchev–Trinajstić information content (AvgIpc) is 2.86. The predicted molar refractivity (Wildman–Crippen MR) is 129 cm³/mol. The summed E-state index contributed by atoms with van der Waals surface area (Å²) in [5.74, 6) is 0.816. The van der Waals surface area contributed by atoms with Crippen LogP contribution in [0.5, 0.6) is 0 Å². The Labute approximate surface area is 191 Å². The maximum Gasteiger partial charge on any atom is 0.220 e. The van der Waals surface area contributed by atoms with Gasteiger partial charge in [0.25, 0.3) is 0 Å². The second kappa shape index (κ2) is 11.6. The van der Waals surface area contributed by atoms with Crippen LogP contribution in [0.3, 0.4) is 0 Å². The molecule has 4 nitrogen and oxygen atoms in total. The molecule has 3 aromatic rings. The van der Waals surface area contributed by atoms with Crippen LogP contribution in [0.1, 0.15) is 48.4 Å². The van der Waals surface area contributed by atoms with Crippen molar-refractivity contribution >= 4 is 5.91 Å². The molecule has 1 N–H and O–H groups in total. The quantitative estimate of drug-likeness (QED) is 0.521. The number of benzene rings is 2. The number of pyridine rings is 1. The molecule has 166 valence electrons. The van der Waals surface area contributed by atoms with Crippen LogP contribution in [0.2, 0.25) is 0 Å². The number of nitrogens with zero attached hydrogens (tertiary/aromatic N) is 2. The van der Waals surface area contributed by atoms with E-state index in [1.165, 1.54) is 24.0 Å². The van der Waals surface area contributed by atoms with Gasteiger partial charge in [0, 0.05) is 25.4 Å². The Balaban J connectivity index is 1.24. The van der Waals surface area contributed by atoms with E-state index in [2.05, 4.69) is 75.9 Å². The number of amides is 1. The molecule has 0 aliphatic carbocycles. The Kier molecular flexibility index (Phi) is 8.05. The van der Waals surface area contributed by atoms with E-state index in [1.54, 1.807) is 6.20 Å². The van der Waals surface area contributed by atoms with Gasteiger partial charge in [-0.15, -0.1) is 0 Å². The molecule has 1 aromatic heterocycles. The van der Waals surface area contributed by atoms with Crippen molar-refractivity contribution < 1.29 is 4.79 Å². The molecule has 1 fully saturated rings. The van der Waals surface area contributed by atoms with Gasteiger partial charge in [-0.1, -0.05) is 66.7 Å². The van der Waals surface area contributed by atoms with Crippen molar-refractivity contribution in [3.05, 3.63) is 102 Å². The highest BCUT2D eigenvalue weighted by molar-refractivity contribution is 5.76. The lowest BCUT2D eigenvalue weighted by Gasteiger charge is -2.38. The summed E-state index contributed by atoms with van der Waals surface area (Å²) >= 11 is 0. The fourth-order valence-electron chi connectivity index (χ4n) is 4.69. The number of carbonyl (C=O) groups is 1. The summed E-state index contributed by atoms with van der Waals surface area (Å²) in [6.45, 7) is 2.96. The van der Waals surface area contributed by atoms with Gasteiger partial charge in [-0.2, -0.15) is 0 Å². The Morgan fingerprint density at radius 3 is 2.19 bits per heavy atom. The van der Waals surface area contributed by atoms with Crippen LogP contribution >= 0.6 is 0 Å². The number of piperidine rings is 1. The molecule has 4 rings (SSSR count). The van der Waals surface area contributed by atoms with Crippen LogP contribution in [-0.2, 0) is 11.2 Å². The van der Waals surface area contributed by atoms with Gasteiger partial charge in [0.15, 0.2) is 0 Å². The molecule has 0 atom stereocenters. The summed E-state index contributed by atoms with van der Waals surface area (Å²) in [5, 5.41) is 3.11. The molecular weight excluding hydrogens is 394 g/mol. The van der Waals surface area contributed by atoms with Crippen molar-refractivity contribution in [1.29, 1.82) is 0 Å². The zero-order valence-corrected chi connectivity index (χ0v) is 18.7. The number of carbonyl (C=O) groups excluding carboxylic acids is 1. The third-order valence-electron chi connectivity index (χ3n) is 6.48. The molecule has 0 spiro atoms. The second-order valence-corrected chi connectivity index (χ2v) is 8.70. The molecule has 1 aliphatic heterocycles. The van der Waals surface area contributed by atoms with Gasteiger partial charge < -0.3 is 5.32 Å². The summed E-state index contributed by atoms with van der Waals surface area (Å²) in [7, 11) is 0. The van der Waals surface area contributed by atoms with E-state index in [0.29, 0.717) is 18.4 Å². The van der Waals surface area contributed by atoms with Crippen molar-refractivity contribution in [2.75, 3.05) is 19.6 Å². The molecule has 0 bridgehead atoms. The molecule has 1 saturated heterocycles. The molecule has 0 saturated carbocycles. The molecule has 2 aromatic carbocycles. The van der Waals surface area contributed by atoms with Gasteiger partial charge in [0.2, 0.25) is 5.91 Å². The Bertz CT molecular complexity index is 899.